The van der Waals surface area contributed by atoms with Gasteiger partial charge in [-0.3, -0.25) is 4.79 Å². The lowest BCUT2D eigenvalue weighted by Gasteiger charge is -2.24. The van der Waals surface area contributed by atoms with E-state index in [4.69, 9.17) is 14.2 Å². The molecule has 30 heavy (non-hydrogen) atoms. The van der Waals surface area contributed by atoms with Gasteiger partial charge in [0.2, 0.25) is 5.91 Å². The SMILES string of the molecule is C=CC(=O)N(Cc1c(Br)c2ccc(OC)cc2c2cc(OC)c(OC)cc12)C(=C)C. The van der Waals surface area contributed by atoms with Crippen LogP contribution in [0.15, 0.2) is 59.7 Å². The van der Waals surface area contributed by atoms with Crippen molar-refractivity contribution in [1.29, 1.82) is 0 Å². The zero-order valence-corrected chi connectivity index (χ0v) is 19.1. The summed E-state index contributed by atoms with van der Waals surface area (Å²) >= 11 is 3.77. The predicted octanol–water partition coefficient (Wildman–Crippen LogP) is 5.83. The monoisotopic (exact) mass is 469 g/mol. The van der Waals surface area contributed by atoms with Gasteiger partial charge >= 0.3 is 0 Å². The predicted molar refractivity (Wildman–Crippen MR) is 124 cm³/mol. The van der Waals surface area contributed by atoms with E-state index in [1.54, 1.807) is 33.2 Å². The molecule has 3 aromatic carbocycles. The van der Waals surface area contributed by atoms with E-state index in [0.717, 1.165) is 37.3 Å². The van der Waals surface area contributed by atoms with Gasteiger partial charge in [0.1, 0.15) is 5.75 Å². The number of rotatable bonds is 7. The van der Waals surface area contributed by atoms with Gasteiger partial charge in [-0.05, 0) is 86.4 Å². The van der Waals surface area contributed by atoms with Crippen molar-refractivity contribution in [2.75, 3.05) is 21.3 Å². The second-order valence-corrected chi connectivity index (χ2v) is 7.61. The Balaban J connectivity index is 2.42. The lowest BCUT2D eigenvalue weighted by molar-refractivity contribution is -0.124. The average Bonchev–Trinajstić information content (AvgIpc) is 2.76. The molecular formula is C24H24BrNO4. The van der Waals surface area contributed by atoms with Crippen LogP contribution in [0.1, 0.15) is 12.5 Å². The molecule has 0 heterocycles. The van der Waals surface area contributed by atoms with Gasteiger partial charge in [0.15, 0.2) is 11.5 Å². The van der Waals surface area contributed by atoms with E-state index in [0.29, 0.717) is 23.7 Å². The molecule has 0 saturated heterocycles. The molecule has 0 aromatic heterocycles. The number of fused-ring (bicyclic) bond motifs is 3. The topological polar surface area (TPSA) is 48.0 Å². The van der Waals surface area contributed by atoms with Crippen LogP contribution in [0.5, 0.6) is 17.2 Å². The summed E-state index contributed by atoms with van der Waals surface area (Å²) in [6.07, 6.45) is 1.29. The summed E-state index contributed by atoms with van der Waals surface area (Å²) in [6.45, 7) is 9.70. The minimum absolute atomic E-state index is 0.210. The Morgan fingerprint density at radius 2 is 1.60 bits per heavy atom. The van der Waals surface area contributed by atoms with E-state index in [9.17, 15) is 4.79 Å². The van der Waals surface area contributed by atoms with Gasteiger partial charge in [0, 0.05) is 10.2 Å². The molecule has 3 rings (SSSR count). The number of hydrogen-bond donors (Lipinski definition) is 0. The number of hydrogen-bond acceptors (Lipinski definition) is 4. The highest BCUT2D eigenvalue weighted by atomic mass is 79.9. The van der Waals surface area contributed by atoms with Gasteiger partial charge in [0.25, 0.3) is 0 Å². The van der Waals surface area contributed by atoms with Crippen molar-refractivity contribution in [1.82, 2.24) is 4.90 Å². The summed E-state index contributed by atoms with van der Waals surface area (Å²) in [7, 11) is 4.85. The van der Waals surface area contributed by atoms with Crippen molar-refractivity contribution >= 4 is 43.4 Å². The molecule has 0 atom stereocenters. The maximum absolute atomic E-state index is 12.4. The number of amides is 1. The highest BCUT2D eigenvalue weighted by molar-refractivity contribution is 9.10. The molecular weight excluding hydrogens is 446 g/mol. The molecule has 0 unspecified atom stereocenters. The van der Waals surface area contributed by atoms with E-state index in [-0.39, 0.29) is 5.91 Å². The zero-order chi connectivity index (χ0) is 22.0. The number of nitrogens with zero attached hydrogens (tertiary/aromatic N) is 1. The number of carbonyl (C=O) groups excluding carboxylic acids is 1. The van der Waals surface area contributed by atoms with Crippen LogP contribution < -0.4 is 14.2 Å². The van der Waals surface area contributed by atoms with Crippen LogP contribution >= 0.6 is 15.9 Å². The van der Waals surface area contributed by atoms with Gasteiger partial charge in [0.05, 0.1) is 27.9 Å². The number of ether oxygens (including phenoxy) is 3. The van der Waals surface area contributed by atoms with Crippen molar-refractivity contribution in [3.8, 4) is 17.2 Å². The first-order valence-electron chi connectivity index (χ1n) is 9.29. The van der Waals surface area contributed by atoms with Crippen molar-refractivity contribution in [2.24, 2.45) is 0 Å². The molecule has 0 radical (unpaired) electrons. The Labute approximate surface area is 184 Å². The molecule has 0 bridgehead atoms. The molecule has 0 aliphatic rings. The molecule has 156 valence electrons. The molecule has 5 nitrogen and oxygen atoms in total. The maximum Gasteiger partial charge on any atom is 0.250 e. The van der Waals surface area contributed by atoms with E-state index in [1.165, 1.54) is 6.08 Å². The van der Waals surface area contributed by atoms with Crippen molar-refractivity contribution in [3.63, 3.8) is 0 Å². The minimum Gasteiger partial charge on any atom is -0.497 e. The molecule has 0 aliphatic carbocycles. The lowest BCUT2D eigenvalue weighted by Crippen LogP contribution is -2.26. The number of methoxy groups -OCH3 is 3. The van der Waals surface area contributed by atoms with Crippen molar-refractivity contribution in [2.45, 2.75) is 13.5 Å². The second-order valence-electron chi connectivity index (χ2n) is 6.82. The summed E-state index contributed by atoms with van der Waals surface area (Å²) in [5.41, 5.74) is 1.57. The molecule has 0 fully saturated rings. The van der Waals surface area contributed by atoms with Gasteiger partial charge in [-0.25, -0.2) is 0 Å². The maximum atomic E-state index is 12.4. The third kappa shape index (κ3) is 3.75. The van der Waals surface area contributed by atoms with Crippen LogP contribution in [-0.2, 0) is 11.3 Å². The summed E-state index contributed by atoms with van der Waals surface area (Å²) in [5.74, 6) is 1.78. The fourth-order valence-corrected chi connectivity index (χ4v) is 4.21. The second kappa shape index (κ2) is 8.79. The fourth-order valence-electron chi connectivity index (χ4n) is 3.52. The molecule has 0 aliphatic heterocycles. The molecule has 0 spiro atoms. The molecule has 1 amide bonds. The summed E-state index contributed by atoms with van der Waals surface area (Å²) in [6, 6.07) is 9.78. The van der Waals surface area contributed by atoms with Crippen LogP contribution in [0.3, 0.4) is 0 Å². The largest absolute Gasteiger partial charge is 0.497 e. The standard InChI is InChI=1S/C24H24BrNO4/c1-7-23(27)26(14(2)3)13-20-19-12-22(30-6)21(29-5)11-18(19)17-10-15(28-4)8-9-16(17)24(20)25/h7-12H,1-2,13H2,3-6H3. The van der Waals surface area contributed by atoms with Crippen LogP contribution in [0.4, 0.5) is 0 Å². The van der Waals surface area contributed by atoms with Crippen LogP contribution in [0, 0.1) is 0 Å². The average molecular weight is 470 g/mol. The third-order valence-electron chi connectivity index (χ3n) is 5.08. The molecule has 3 aromatic rings. The number of allylic oxidation sites excluding steroid dienone is 1. The highest BCUT2D eigenvalue weighted by Gasteiger charge is 2.20. The lowest BCUT2D eigenvalue weighted by atomic mass is 9.95. The summed E-state index contributed by atoms with van der Waals surface area (Å²) in [5, 5.41) is 3.90. The van der Waals surface area contributed by atoms with E-state index >= 15 is 0 Å². The molecule has 0 saturated carbocycles. The first-order valence-corrected chi connectivity index (χ1v) is 10.1. The van der Waals surface area contributed by atoms with Gasteiger partial charge < -0.3 is 19.1 Å². The molecule has 0 N–H and O–H groups in total. The Morgan fingerprint density at radius 1 is 1.00 bits per heavy atom. The van der Waals surface area contributed by atoms with Crippen molar-refractivity contribution < 1.29 is 19.0 Å². The van der Waals surface area contributed by atoms with Crippen LogP contribution in [0.2, 0.25) is 0 Å². The van der Waals surface area contributed by atoms with E-state index in [1.807, 2.05) is 30.3 Å². The van der Waals surface area contributed by atoms with Gasteiger partial charge in [-0.1, -0.05) is 13.2 Å². The Morgan fingerprint density at radius 3 is 2.13 bits per heavy atom. The molecule has 6 heteroatoms. The smallest absolute Gasteiger partial charge is 0.250 e. The highest BCUT2D eigenvalue weighted by Crippen LogP contribution is 2.43. The van der Waals surface area contributed by atoms with E-state index in [2.05, 4.69) is 29.1 Å². The number of benzene rings is 3. The zero-order valence-electron chi connectivity index (χ0n) is 17.5. The first kappa shape index (κ1) is 21.7. The number of carbonyl (C=O) groups is 1. The Kier molecular flexibility index (Phi) is 6.37. The van der Waals surface area contributed by atoms with E-state index < -0.39 is 0 Å². The Bertz CT molecular complexity index is 1170. The fraction of sp³-hybridized carbons (Fsp3) is 0.208. The normalized spacial score (nSPS) is 10.7. The third-order valence-corrected chi connectivity index (χ3v) is 5.99. The number of halogens is 1. The van der Waals surface area contributed by atoms with Crippen molar-refractivity contribution in [3.05, 3.63) is 65.3 Å². The van der Waals surface area contributed by atoms with Crippen LogP contribution in [-0.4, -0.2) is 32.1 Å². The summed E-state index contributed by atoms with van der Waals surface area (Å²) in [4.78, 5) is 14.0. The quantitative estimate of drug-likeness (QED) is 0.322. The minimum atomic E-state index is -0.210. The van der Waals surface area contributed by atoms with Gasteiger partial charge in [-0.2, -0.15) is 0 Å². The van der Waals surface area contributed by atoms with Crippen LogP contribution in [0.25, 0.3) is 21.5 Å². The first-order chi connectivity index (χ1) is 14.4. The Hall–Kier alpha value is -2.99. The van der Waals surface area contributed by atoms with Gasteiger partial charge in [-0.15, -0.1) is 0 Å². The summed E-state index contributed by atoms with van der Waals surface area (Å²) < 4.78 is 17.4.